The lowest BCUT2D eigenvalue weighted by atomic mass is 9.76. The lowest BCUT2D eigenvalue weighted by molar-refractivity contribution is -0.438. The van der Waals surface area contributed by atoms with E-state index in [2.05, 4.69) is 78.3 Å². The Morgan fingerprint density at radius 3 is 2.23 bits per heavy atom. The quantitative estimate of drug-likeness (QED) is 0.0107. The number of Topliss-reactive ketones (excluding diaryl/α,β-unsaturated/α-hetero) is 1. The molecule has 0 bridgehead atoms. The van der Waals surface area contributed by atoms with Gasteiger partial charge in [0.05, 0.1) is 35.3 Å². The molecule has 2 aliphatic rings. The topological polar surface area (TPSA) is 194 Å². The summed E-state index contributed by atoms with van der Waals surface area (Å²) in [7, 11) is -4.17. The molecule has 0 saturated carbocycles. The maximum absolute atomic E-state index is 13.1. The first-order valence-corrected chi connectivity index (χ1v) is 25.4. The number of hydrogen-bond donors (Lipinski definition) is 4. The summed E-state index contributed by atoms with van der Waals surface area (Å²) < 4.78 is 49.2. The Bertz CT molecular complexity index is 2360. The predicted octanol–water partition coefficient (Wildman–Crippen LogP) is 11.8. The van der Waals surface area contributed by atoms with E-state index >= 15 is 0 Å². The van der Waals surface area contributed by atoms with Gasteiger partial charge >= 0.3 is 0 Å². The molecule has 15 nitrogen and oxygen atoms in total. The van der Waals surface area contributed by atoms with E-state index in [9.17, 15) is 17.8 Å². The first-order chi connectivity index (χ1) is 31.0. The van der Waals surface area contributed by atoms with Crippen LogP contribution in [-0.4, -0.2) is 69.4 Å². The van der Waals surface area contributed by atoms with Crippen LogP contribution in [0.5, 0.6) is 0 Å². The summed E-state index contributed by atoms with van der Waals surface area (Å²) >= 11 is 15.5. The van der Waals surface area contributed by atoms with Crippen LogP contribution >= 0.6 is 59.3 Å². The highest BCUT2D eigenvalue weighted by atomic mass is 35.5. The molecule has 2 aliphatic heterocycles. The lowest BCUT2D eigenvalue weighted by Gasteiger charge is -2.30. The van der Waals surface area contributed by atoms with Gasteiger partial charge in [0.1, 0.15) is 12.3 Å². The number of carbonyl (C=O) groups excluding carboxylic acids is 1. The zero-order valence-corrected chi connectivity index (χ0v) is 41.0. The Labute approximate surface area is 402 Å². The van der Waals surface area contributed by atoms with Crippen molar-refractivity contribution in [3.8, 4) is 0 Å². The smallest absolute Gasteiger partial charge is 0.264 e. The van der Waals surface area contributed by atoms with Crippen LogP contribution in [0, 0.1) is 6.92 Å². The summed E-state index contributed by atoms with van der Waals surface area (Å²) in [6.45, 7) is 9.52. The summed E-state index contributed by atoms with van der Waals surface area (Å²) in [5, 5.41) is 37.5. The number of carbonyl (C=O) groups is 1. The van der Waals surface area contributed by atoms with E-state index in [1.54, 1.807) is 12.1 Å². The Morgan fingerprint density at radius 1 is 0.831 bits per heavy atom. The van der Waals surface area contributed by atoms with Gasteiger partial charge in [0.15, 0.2) is 5.71 Å². The van der Waals surface area contributed by atoms with Crippen molar-refractivity contribution in [3.05, 3.63) is 117 Å². The fourth-order valence-corrected chi connectivity index (χ4v) is 10.8. The van der Waals surface area contributed by atoms with Gasteiger partial charge in [-0.05, 0) is 94.5 Å². The Morgan fingerprint density at radius 2 is 1.54 bits per heavy atom. The van der Waals surface area contributed by atoms with Crippen molar-refractivity contribution in [2.75, 3.05) is 29.5 Å². The summed E-state index contributed by atoms with van der Waals surface area (Å²) in [5.41, 5.74) is 6.91. The van der Waals surface area contributed by atoms with Crippen molar-refractivity contribution >= 4 is 92.3 Å². The molecule has 5 rings (SSSR count). The van der Waals surface area contributed by atoms with Gasteiger partial charge in [-0.25, -0.2) is 15.8 Å². The Balaban J connectivity index is 1.36. The Hall–Kier alpha value is -2.80. The standard InChI is InChI=1S/C44H52Cl2N2O13S4/c1-30-16-18-40-36(25-30)44(4,20-10-6-7-13-31(49)26-34-37(45)28-33(29-38(34)46)64-61-58-52)42(48(40)22-12-24-65(53,54)55)15-9-5-8-14-41-43(2,3)35-27-32(63-60-57-51)17-19-39(35)47(41)21-11-23-62-59-56-50/h5,8-9,14-19,25,27-29H,6-7,10-13,20-24,26H2,1-4H3,(H3-,50,51,52,53,54,55)/p+1. The van der Waals surface area contributed by atoms with Crippen LogP contribution in [0.3, 0.4) is 0 Å². The molecule has 1 unspecified atom stereocenters. The third-order valence-corrected chi connectivity index (χ3v) is 14.6. The van der Waals surface area contributed by atoms with Crippen molar-refractivity contribution in [1.29, 1.82) is 0 Å². The minimum atomic E-state index is -4.17. The number of rotatable bonds is 27. The highest BCUT2D eigenvalue weighted by Crippen LogP contribution is 2.51. The van der Waals surface area contributed by atoms with Crippen LogP contribution in [0.25, 0.3) is 0 Å². The van der Waals surface area contributed by atoms with E-state index in [1.165, 1.54) is 0 Å². The second kappa shape index (κ2) is 25.0. The Kier molecular flexibility index (Phi) is 20.4. The first kappa shape index (κ1) is 53.2. The van der Waals surface area contributed by atoms with Crippen molar-refractivity contribution in [2.24, 2.45) is 0 Å². The van der Waals surface area contributed by atoms with Gasteiger partial charge in [-0.1, -0.05) is 87.1 Å². The van der Waals surface area contributed by atoms with E-state index in [1.807, 2.05) is 49.4 Å². The molecule has 0 aliphatic carbocycles. The molecule has 3 aromatic rings. The average Bonchev–Trinajstić information content (AvgIpc) is 3.60. The zero-order valence-electron chi connectivity index (χ0n) is 36.2. The third-order valence-electron chi connectivity index (χ3n) is 11.4. The largest absolute Gasteiger partial charge is 0.344 e. The number of benzene rings is 3. The minimum absolute atomic E-state index is 0.000363. The van der Waals surface area contributed by atoms with E-state index in [0.717, 1.165) is 99.8 Å². The second-order valence-electron chi connectivity index (χ2n) is 16.2. The lowest BCUT2D eigenvalue weighted by Crippen LogP contribution is -2.30. The average molecular weight is 1020 g/mol. The molecule has 21 heteroatoms. The number of anilines is 1. The van der Waals surface area contributed by atoms with Gasteiger partial charge in [-0.2, -0.15) is 13.0 Å². The molecule has 4 N–H and O–H groups in total. The minimum Gasteiger partial charge on any atom is -0.344 e. The molecular formula is C44H53Cl2N2O13S4+. The highest BCUT2D eigenvalue weighted by Gasteiger charge is 2.45. The molecule has 0 amide bonds. The number of ketones is 1. The van der Waals surface area contributed by atoms with Crippen LogP contribution in [-0.2, 0) is 60.3 Å². The molecule has 3 aromatic carbocycles. The number of hydrogen-bond acceptors (Lipinski definition) is 16. The van der Waals surface area contributed by atoms with Crippen molar-refractivity contribution in [2.45, 2.75) is 99.7 Å². The second-order valence-corrected chi connectivity index (χ2v) is 20.9. The monoisotopic (exact) mass is 1020 g/mol. The van der Waals surface area contributed by atoms with Crippen molar-refractivity contribution < 1.29 is 66.2 Å². The molecule has 65 heavy (non-hydrogen) atoms. The van der Waals surface area contributed by atoms with Crippen LogP contribution in [0.4, 0.5) is 11.4 Å². The molecule has 0 fully saturated rings. The molecule has 2 heterocycles. The number of aryl methyl sites for hydroxylation is 1. The summed E-state index contributed by atoms with van der Waals surface area (Å²) in [5.74, 6) is 0.192. The molecular weight excluding hydrogens is 964 g/mol. The van der Waals surface area contributed by atoms with Gasteiger partial charge in [-0.3, -0.25) is 9.35 Å². The van der Waals surface area contributed by atoms with Crippen LogP contribution in [0.1, 0.15) is 88.0 Å². The van der Waals surface area contributed by atoms with Gasteiger partial charge in [0.2, 0.25) is 5.69 Å². The molecule has 0 radical (unpaired) electrons. The van der Waals surface area contributed by atoms with Crippen LogP contribution < -0.4 is 4.90 Å². The summed E-state index contributed by atoms with van der Waals surface area (Å²) in [4.78, 5) is 16.5. The predicted molar refractivity (Wildman–Crippen MR) is 254 cm³/mol. The molecule has 0 spiro atoms. The fourth-order valence-electron chi connectivity index (χ4n) is 8.39. The SMILES string of the molecule is Cc1ccc2c(c1)C(C)(CCCCCC(=O)Cc1c(Cl)cc(SOOO)cc1Cl)/C(=C/C=C/C=C/C1=[N+](CCCSOOO)c3ccc(SOOO)cc3C1(C)C)N2CCCS(=O)(=O)O. The maximum atomic E-state index is 13.1. The summed E-state index contributed by atoms with van der Waals surface area (Å²) in [6, 6.07) is 15.3. The first-order valence-electron chi connectivity index (χ1n) is 20.6. The van der Waals surface area contributed by atoms with Crippen molar-refractivity contribution in [3.63, 3.8) is 0 Å². The van der Waals surface area contributed by atoms with E-state index in [4.69, 9.17) is 43.3 Å². The molecule has 354 valence electrons. The van der Waals surface area contributed by atoms with E-state index in [-0.39, 0.29) is 24.4 Å². The van der Waals surface area contributed by atoms with Crippen LogP contribution in [0.2, 0.25) is 10.0 Å². The number of unbranched alkanes of at least 4 members (excludes halogenated alkanes) is 2. The molecule has 0 aromatic heterocycles. The summed E-state index contributed by atoms with van der Waals surface area (Å²) in [6.07, 6.45) is 14.4. The maximum Gasteiger partial charge on any atom is 0.264 e. The van der Waals surface area contributed by atoms with Crippen LogP contribution in [0.15, 0.2) is 94.4 Å². The fraction of sp³-hybridized carbons (Fsp3) is 0.409. The van der Waals surface area contributed by atoms with Gasteiger partial charge in [0, 0.05) is 97.9 Å². The third kappa shape index (κ3) is 14.4. The van der Waals surface area contributed by atoms with E-state index in [0.29, 0.717) is 58.6 Å². The van der Waals surface area contributed by atoms with Gasteiger partial charge in [0.25, 0.3) is 10.1 Å². The zero-order chi connectivity index (χ0) is 47.2. The van der Waals surface area contributed by atoms with Gasteiger partial charge in [-0.15, -0.1) is 13.0 Å². The number of allylic oxidation sites excluding steroid dienone is 6. The molecule has 0 saturated heterocycles. The van der Waals surface area contributed by atoms with E-state index < -0.39 is 20.9 Å². The van der Waals surface area contributed by atoms with Crippen molar-refractivity contribution in [1.82, 2.24) is 0 Å². The number of nitrogens with zero attached hydrogens (tertiary/aromatic N) is 2. The number of halogens is 2. The van der Waals surface area contributed by atoms with Gasteiger partial charge < -0.3 is 4.90 Å². The normalized spacial score (nSPS) is 17.6. The highest BCUT2D eigenvalue weighted by molar-refractivity contribution is 7.95. The molecule has 1 atom stereocenters. The number of fused-ring (bicyclic) bond motifs is 2.